The summed E-state index contributed by atoms with van der Waals surface area (Å²) < 4.78 is 0. The molecule has 18 heavy (non-hydrogen) atoms. The smallest absolute Gasteiger partial charge is 0.186 e. The van der Waals surface area contributed by atoms with Crippen molar-refractivity contribution in [2.24, 2.45) is 5.92 Å². The Bertz CT molecular complexity index is 412. The van der Waals surface area contributed by atoms with Crippen LogP contribution in [0.3, 0.4) is 0 Å². The molecule has 0 aromatic carbocycles. The zero-order valence-electron chi connectivity index (χ0n) is 11.6. The summed E-state index contributed by atoms with van der Waals surface area (Å²) in [6.07, 6.45) is 5.15. The van der Waals surface area contributed by atoms with E-state index in [0.29, 0.717) is 12.6 Å². The second kappa shape index (κ2) is 5.98. The summed E-state index contributed by atoms with van der Waals surface area (Å²) in [7, 11) is 2.10. The number of hydrogen-bond donors (Lipinski definition) is 0. The summed E-state index contributed by atoms with van der Waals surface area (Å²) in [5.74, 6) is 1.08. The van der Waals surface area contributed by atoms with Gasteiger partial charge in [0.2, 0.25) is 0 Å². The quantitative estimate of drug-likeness (QED) is 0.773. The first kappa shape index (κ1) is 13.8. The van der Waals surface area contributed by atoms with Crippen LogP contribution in [0.4, 0.5) is 0 Å². The van der Waals surface area contributed by atoms with Crippen LogP contribution in [0.5, 0.6) is 0 Å². The van der Waals surface area contributed by atoms with E-state index in [1.165, 1.54) is 30.6 Å². The number of rotatable bonds is 4. The Balaban J connectivity index is 1.90. The molecule has 2 rings (SSSR count). The van der Waals surface area contributed by atoms with Crippen LogP contribution >= 0.6 is 11.3 Å². The third kappa shape index (κ3) is 3.42. The molecule has 0 N–H and O–H groups in total. The van der Waals surface area contributed by atoms with Gasteiger partial charge in [0.05, 0.1) is 11.4 Å². The van der Waals surface area contributed by atoms with Crippen molar-refractivity contribution in [1.29, 1.82) is 0 Å². The van der Waals surface area contributed by atoms with E-state index in [1.54, 1.807) is 11.3 Å². The zero-order valence-corrected chi connectivity index (χ0v) is 12.4. The van der Waals surface area contributed by atoms with Gasteiger partial charge in [-0.1, -0.05) is 19.8 Å². The number of nitrogens with zero attached hydrogens (tertiary/aromatic N) is 1. The van der Waals surface area contributed by atoms with Crippen LogP contribution in [-0.2, 0) is 0 Å². The Hall–Kier alpha value is -0.670. The number of aryl methyl sites for hydroxylation is 1. The minimum Gasteiger partial charge on any atom is -0.296 e. The zero-order chi connectivity index (χ0) is 13.1. The predicted octanol–water partition coefficient (Wildman–Crippen LogP) is 3.75. The van der Waals surface area contributed by atoms with Crippen molar-refractivity contribution in [1.82, 2.24) is 4.90 Å². The van der Waals surface area contributed by atoms with Crippen molar-refractivity contribution in [3.63, 3.8) is 0 Å². The molecule has 0 bridgehead atoms. The number of carbonyl (C=O) groups excluding carboxylic acids is 1. The molecule has 3 heteroatoms. The molecule has 1 heterocycles. The normalized spacial score (nSPS) is 24.4. The van der Waals surface area contributed by atoms with Gasteiger partial charge in [0, 0.05) is 10.9 Å². The molecule has 1 aromatic heterocycles. The first-order valence-corrected chi connectivity index (χ1v) is 7.68. The van der Waals surface area contributed by atoms with Crippen molar-refractivity contribution in [2.45, 2.75) is 45.6 Å². The van der Waals surface area contributed by atoms with E-state index >= 15 is 0 Å². The standard InChI is InChI=1S/C15H23NOS/c1-11-5-4-6-13(9-11)16(3)10-14(17)15-8-7-12(2)18-15/h7-8,11,13H,4-6,9-10H2,1-3H3. The van der Waals surface area contributed by atoms with E-state index in [-0.39, 0.29) is 5.78 Å². The second-order valence-electron chi connectivity index (χ2n) is 5.67. The summed E-state index contributed by atoms with van der Waals surface area (Å²) in [5.41, 5.74) is 0. The van der Waals surface area contributed by atoms with Gasteiger partial charge in [0.25, 0.3) is 0 Å². The van der Waals surface area contributed by atoms with Crippen molar-refractivity contribution in [2.75, 3.05) is 13.6 Å². The van der Waals surface area contributed by atoms with Crippen molar-refractivity contribution >= 4 is 17.1 Å². The maximum absolute atomic E-state index is 12.2. The lowest BCUT2D eigenvalue weighted by Gasteiger charge is -2.33. The second-order valence-corrected chi connectivity index (χ2v) is 6.96. The van der Waals surface area contributed by atoms with E-state index in [9.17, 15) is 4.79 Å². The van der Waals surface area contributed by atoms with Gasteiger partial charge >= 0.3 is 0 Å². The number of thiophene rings is 1. The number of likely N-dealkylation sites (N-methyl/N-ethyl adjacent to an activating group) is 1. The number of carbonyl (C=O) groups is 1. The van der Waals surface area contributed by atoms with Gasteiger partial charge in [-0.15, -0.1) is 11.3 Å². The molecular weight excluding hydrogens is 242 g/mol. The van der Waals surface area contributed by atoms with Crippen LogP contribution in [-0.4, -0.2) is 30.3 Å². The molecule has 0 aliphatic heterocycles. The maximum atomic E-state index is 12.2. The molecule has 0 radical (unpaired) electrons. The monoisotopic (exact) mass is 265 g/mol. The van der Waals surface area contributed by atoms with Crippen molar-refractivity contribution in [3.05, 3.63) is 21.9 Å². The van der Waals surface area contributed by atoms with E-state index in [1.807, 2.05) is 19.1 Å². The Morgan fingerprint density at radius 2 is 2.22 bits per heavy atom. The summed E-state index contributed by atoms with van der Waals surface area (Å²) in [4.78, 5) is 16.5. The highest BCUT2D eigenvalue weighted by Crippen LogP contribution is 2.27. The van der Waals surface area contributed by atoms with Crippen LogP contribution in [0.15, 0.2) is 12.1 Å². The lowest BCUT2D eigenvalue weighted by atomic mass is 9.86. The average Bonchev–Trinajstić information content (AvgIpc) is 2.76. The Morgan fingerprint density at radius 3 is 2.83 bits per heavy atom. The molecule has 1 aliphatic carbocycles. The lowest BCUT2D eigenvalue weighted by molar-refractivity contribution is 0.0886. The van der Waals surface area contributed by atoms with Crippen LogP contribution in [0.1, 0.15) is 47.2 Å². The first-order chi connectivity index (χ1) is 8.56. The number of ketones is 1. The highest BCUT2D eigenvalue weighted by molar-refractivity contribution is 7.14. The largest absolute Gasteiger partial charge is 0.296 e. The minimum atomic E-state index is 0.272. The van der Waals surface area contributed by atoms with Gasteiger partial charge in [0.15, 0.2) is 5.78 Å². The highest BCUT2D eigenvalue weighted by Gasteiger charge is 2.24. The van der Waals surface area contributed by atoms with Crippen LogP contribution in [0.25, 0.3) is 0 Å². The molecule has 2 atom stereocenters. The Kier molecular flexibility index (Phi) is 4.57. The van der Waals surface area contributed by atoms with E-state index in [0.717, 1.165) is 10.8 Å². The Morgan fingerprint density at radius 1 is 1.44 bits per heavy atom. The first-order valence-electron chi connectivity index (χ1n) is 6.86. The summed E-state index contributed by atoms with van der Waals surface area (Å²) in [6.45, 7) is 4.94. The van der Waals surface area contributed by atoms with Crippen molar-refractivity contribution < 1.29 is 4.79 Å². The average molecular weight is 265 g/mol. The van der Waals surface area contributed by atoms with Crippen LogP contribution < -0.4 is 0 Å². The SMILES string of the molecule is Cc1ccc(C(=O)CN(C)C2CCCC(C)C2)s1. The fraction of sp³-hybridized carbons (Fsp3) is 0.667. The molecule has 1 saturated carbocycles. The summed E-state index contributed by atoms with van der Waals surface area (Å²) >= 11 is 1.61. The number of hydrogen-bond acceptors (Lipinski definition) is 3. The van der Waals surface area contributed by atoms with Gasteiger partial charge in [-0.2, -0.15) is 0 Å². The maximum Gasteiger partial charge on any atom is 0.186 e. The third-order valence-electron chi connectivity index (χ3n) is 3.94. The molecule has 2 nitrogen and oxygen atoms in total. The number of Topliss-reactive ketones (excluding diaryl/α,β-unsaturated/α-hetero) is 1. The Labute approximate surface area is 114 Å². The minimum absolute atomic E-state index is 0.272. The summed E-state index contributed by atoms with van der Waals surface area (Å²) in [5, 5.41) is 0. The van der Waals surface area contributed by atoms with Crippen LogP contribution in [0.2, 0.25) is 0 Å². The fourth-order valence-corrected chi connectivity index (χ4v) is 3.62. The van der Waals surface area contributed by atoms with Gasteiger partial charge in [0.1, 0.15) is 0 Å². The molecule has 1 aliphatic rings. The van der Waals surface area contributed by atoms with Crippen molar-refractivity contribution in [3.8, 4) is 0 Å². The molecule has 1 aromatic rings. The van der Waals surface area contributed by atoms with E-state index in [2.05, 4.69) is 18.9 Å². The van der Waals surface area contributed by atoms with E-state index in [4.69, 9.17) is 0 Å². The van der Waals surface area contributed by atoms with E-state index < -0.39 is 0 Å². The molecule has 2 unspecified atom stereocenters. The summed E-state index contributed by atoms with van der Waals surface area (Å²) in [6, 6.07) is 4.58. The highest BCUT2D eigenvalue weighted by atomic mass is 32.1. The molecule has 100 valence electrons. The molecular formula is C15H23NOS. The van der Waals surface area contributed by atoms with Gasteiger partial charge in [-0.3, -0.25) is 9.69 Å². The molecule has 1 fully saturated rings. The molecule has 0 saturated heterocycles. The topological polar surface area (TPSA) is 20.3 Å². The fourth-order valence-electron chi connectivity index (χ4n) is 2.82. The predicted molar refractivity (Wildman–Crippen MR) is 77.4 cm³/mol. The van der Waals surface area contributed by atoms with Gasteiger partial charge in [-0.25, -0.2) is 0 Å². The molecule has 0 spiro atoms. The molecule has 0 amide bonds. The van der Waals surface area contributed by atoms with Gasteiger partial charge in [-0.05, 0) is 44.9 Å². The lowest BCUT2D eigenvalue weighted by Crippen LogP contribution is -2.38. The van der Waals surface area contributed by atoms with Crippen LogP contribution in [0, 0.1) is 12.8 Å². The van der Waals surface area contributed by atoms with Gasteiger partial charge < -0.3 is 0 Å². The third-order valence-corrected chi connectivity index (χ3v) is 4.98.